The van der Waals surface area contributed by atoms with Gasteiger partial charge in [0.2, 0.25) is 0 Å². The molecule has 0 aromatic heterocycles. The van der Waals surface area contributed by atoms with Crippen molar-refractivity contribution in [1.29, 1.82) is 0 Å². The Morgan fingerprint density at radius 2 is 2.57 bits per heavy atom. The molecular formula is C6H8N-. The lowest BCUT2D eigenvalue weighted by atomic mass is 10.2. The molecule has 0 saturated heterocycles. The van der Waals surface area contributed by atoms with E-state index in [1.54, 1.807) is 0 Å². The van der Waals surface area contributed by atoms with Crippen LogP contribution in [0.1, 0.15) is 6.92 Å². The van der Waals surface area contributed by atoms with Gasteiger partial charge < -0.3 is 5.32 Å². The fourth-order valence-electron chi connectivity index (χ4n) is 0.496. The van der Waals surface area contributed by atoms with Gasteiger partial charge in [0.25, 0.3) is 0 Å². The van der Waals surface area contributed by atoms with E-state index in [4.69, 9.17) is 0 Å². The van der Waals surface area contributed by atoms with Crippen molar-refractivity contribution in [2.75, 3.05) is 6.54 Å². The van der Waals surface area contributed by atoms with Crippen LogP contribution >= 0.6 is 0 Å². The van der Waals surface area contributed by atoms with Gasteiger partial charge in [0.1, 0.15) is 0 Å². The third-order valence-electron chi connectivity index (χ3n) is 0.962. The van der Waals surface area contributed by atoms with Crippen molar-refractivity contribution >= 4 is 0 Å². The minimum Gasteiger partial charge on any atom is -0.687 e. The average Bonchev–Trinajstić information content (AvgIpc) is 1.69. The van der Waals surface area contributed by atoms with Crippen molar-refractivity contribution in [2.24, 2.45) is 0 Å². The highest BCUT2D eigenvalue weighted by Gasteiger charge is 1.76. The zero-order valence-corrected chi connectivity index (χ0v) is 4.39. The highest BCUT2D eigenvalue weighted by molar-refractivity contribution is 5.27. The largest absolute Gasteiger partial charge is 0.687 e. The Kier molecular flexibility index (Phi) is 1.16. The van der Waals surface area contributed by atoms with E-state index < -0.39 is 0 Å². The second-order valence-electron chi connectivity index (χ2n) is 1.63. The van der Waals surface area contributed by atoms with Crippen molar-refractivity contribution in [1.82, 2.24) is 0 Å². The minimum absolute atomic E-state index is 0.863. The van der Waals surface area contributed by atoms with Crippen LogP contribution in [0.4, 0.5) is 0 Å². The van der Waals surface area contributed by atoms with Crippen LogP contribution in [0.3, 0.4) is 0 Å². The van der Waals surface area contributed by atoms with Gasteiger partial charge in [-0.15, -0.1) is 6.54 Å². The molecular weight excluding hydrogens is 86.1 g/mol. The Morgan fingerprint density at radius 1 is 1.71 bits per heavy atom. The molecule has 1 aliphatic heterocycles. The van der Waals surface area contributed by atoms with Crippen LogP contribution in [0.15, 0.2) is 23.9 Å². The lowest BCUT2D eigenvalue weighted by Gasteiger charge is -2.15. The first kappa shape index (κ1) is 4.44. The summed E-state index contributed by atoms with van der Waals surface area (Å²) in [6, 6.07) is 0. The van der Waals surface area contributed by atoms with Crippen molar-refractivity contribution in [3.05, 3.63) is 29.2 Å². The van der Waals surface area contributed by atoms with Gasteiger partial charge in [-0.2, -0.15) is 6.20 Å². The second kappa shape index (κ2) is 1.82. The molecule has 0 spiro atoms. The third-order valence-corrected chi connectivity index (χ3v) is 0.962. The Labute approximate surface area is 43.7 Å². The highest BCUT2D eigenvalue weighted by atomic mass is 14.8. The molecule has 0 aliphatic carbocycles. The molecule has 0 N–H and O–H groups in total. The molecule has 0 bridgehead atoms. The lowest BCUT2D eigenvalue weighted by molar-refractivity contribution is 1.32. The minimum atomic E-state index is 0.863. The summed E-state index contributed by atoms with van der Waals surface area (Å²) in [6.45, 7) is 2.94. The predicted molar refractivity (Wildman–Crippen MR) is 31.1 cm³/mol. The zero-order valence-electron chi connectivity index (χ0n) is 4.39. The summed E-state index contributed by atoms with van der Waals surface area (Å²) < 4.78 is 0. The van der Waals surface area contributed by atoms with Gasteiger partial charge in [-0.1, -0.05) is 17.7 Å². The van der Waals surface area contributed by atoms with Crippen molar-refractivity contribution in [3.8, 4) is 0 Å². The first-order chi connectivity index (χ1) is 3.39. The molecule has 0 amide bonds. The lowest BCUT2D eigenvalue weighted by Crippen LogP contribution is -1.81. The van der Waals surface area contributed by atoms with E-state index >= 15 is 0 Å². The van der Waals surface area contributed by atoms with Gasteiger partial charge in [-0.25, -0.2) is 0 Å². The monoisotopic (exact) mass is 94.1 g/mol. The summed E-state index contributed by atoms with van der Waals surface area (Å²) in [5.74, 6) is 0. The molecule has 1 heterocycles. The normalized spacial score (nSPS) is 18.1. The summed E-state index contributed by atoms with van der Waals surface area (Å²) in [7, 11) is 0. The van der Waals surface area contributed by atoms with Gasteiger partial charge in [0.15, 0.2) is 0 Å². The Hall–Kier alpha value is -0.720. The smallest absolute Gasteiger partial charge is 0.0402 e. The zero-order chi connectivity index (χ0) is 5.11. The molecule has 1 nitrogen and oxygen atoms in total. The van der Waals surface area contributed by atoms with E-state index in [-0.39, 0.29) is 0 Å². The summed E-state index contributed by atoms with van der Waals surface area (Å²) in [4.78, 5) is 0. The van der Waals surface area contributed by atoms with E-state index in [2.05, 4.69) is 18.3 Å². The molecule has 38 valence electrons. The van der Waals surface area contributed by atoms with Crippen LogP contribution < -0.4 is 0 Å². The maximum atomic E-state index is 3.97. The first-order valence-electron chi connectivity index (χ1n) is 2.39. The molecule has 7 heavy (non-hydrogen) atoms. The van der Waals surface area contributed by atoms with Crippen molar-refractivity contribution in [2.45, 2.75) is 6.92 Å². The molecule has 0 fully saturated rings. The molecule has 1 heteroatoms. The van der Waals surface area contributed by atoms with Crippen LogP contribution in [0.5, 0.6) is 0 Å². The molecule has 0 aromatic carbocycles. The summed E-state index contributed by atoms with van der Waals surface area (Å²) >= 11 is 0. The molecule has 0 aromatic rings. The average molecular weight is 94.1 g/mol. The molecule has 0 unspecified atom stereocenters. The van der Waals surface area contributed by atoms with Gasteiger partial charge in [-0.05, 0) is 6.92 Å². The van der Waals surface area contributed by atoms with Gasteiger partial charge in [0.05, 0.1) is 0 Å². The Balaban J connectivity index is 2.58. The van der Waals surface area contributed by atoms with E-state index in [9.17, 15) is 0 Å². The van der Waals surface area contributed by atoms with E-state index in [1.165, 1.54) is 5.57 Å². The highest BCUT2D eigenvalue weighted by Crippen LogP contribution is 2.04. The second-order valence-corrected chi connectivity index (χ2v) is 1.63. The van der Waals surface area contributed by atoms with Crippen molar-refractivity contribution < 1.29 is 0 Å². The molecule has 0 radical (unpaired) electrons. The summed E-state index contributed by atoms with van der Waals surface area (Å²) in [5.41, 5.74) is 1.31. The van der Waals surface area contributed by atoms with Crippen LogP contribution in [0.25, 0.3) is 5.32 Å². The molecule has 0 atom stereocenters. The number of rotatable bonds is 0. The maximum absolute atomic E-state index is 3.97. The van der Waals surface area contributed by atoms with Gasteiger partial charge >= 0.3 is 0 Å². The van der Waals surface area contributed by atoms with Gasteiger partial charge in [0, 0.05) is 0 Å². The quantitative estimate of drug-likeness (QED) is 0.435. The summed E-state index contributed by atoms with van der Waals surface area (Å²) in [6.07, 6.45) is 5.94. The number of nitrogens with zero attached hydrogens (tertiary/aromatic N) is 1. The van der Waals surface area contributed by atoms with Crippen LogP contribution in [0.2, 0.25) is 0 Å². The molecule has 1 aliphatic rings. The van der Waals surface area contributed by atoms with Gasteiger partial charge in [-0.3, -0.25) is 0 Å². The van der Waals surface area contributed by atoms with Crippen LogP contribution in [-0.2, 0) is 0 Å². The standard InChI is InChI=1S/C6H8N/c1-6-2-4-7-5-3-6/h2-4H,5H2,1H3/q-1. The maximum Gasteiger partial charge on any atom is -0.0402 e. The molecule has 1 rings (SSSR count). The Morgan fingerprint density at radius 3 is 2.86 bits per heavy atom. The van der Waals surface area contributed by atoms with Crippen molar-refractivity contribution in [3.63, 3.8) is 0 Å². The number of hydrogen-bond donors (Lipinski definition) is 0. The first-order valence-corrected chi connectivity index (χ1v) is 2.39. The predicted octanol–water partition coefficient (Wildman–Crippen LogP) is 1.83. The Bertz CT molecular complexity index is 111. The van der Waals surface area contributed by atoms with Crippen LogP contribution in [-0.4, -0.2) is 6.54 Å². The number of hydrogen-bond acceptors (Lipinski definition) is 0. The van der Waals surface area contributed by atoms with Crippen LogP contribution in [0, 0.1) is 0 Å². The van der Waals surface area contributed by atoms with E-state index in [1.807, 2.05) is 12.3 Å². The topological polar surface area (TPSA) is 14.1 Å². The number of allylic oxidation sites excluding steroid dienone is 2. The van der Waals surface area contributed by atoms with E-state index in [0.717, 1.165) is 6.54 Å². The third kappa shape index (κ3) is 1.07. The van der Waals surface area contributed by atoms with E-state index in [0.29, 0.717) is 0 Å². The fourth-order valence-corrected chi connectivity index (χ4v) is 0.496. The summed E-state index contributed by atoms with van der Waals surface area (Å²) in [5, 5.41) is 3.97. The SMILES string of the molecule is CC1=CC[N-]C=C1. The fraction of sp³-hybridized carbons (Fsp3) is 0.333. The molecule has 0 saturated carbocycles.